The van der Waals surface area contributed by atoms with Crippen LogP contribution >= 0.6 is 11.8 Å². The van der Waals surface area contributed by atoms with Crippen LogP contribution in [0.25, 0.3) is 0 Å². The monoisotopic (exact) mass is 493 g/mol. The third-order valence-electron chi connectivity index (χ3n) is 7.27. The van der Waals surface area contributed by atoms with Crippen LogP contribution in [-0.4, -0.2) is 73.8 Å². The van der Waals surface area contributed by atoms with Crippen molar-refractivity contribution in [1.29, 1.82) is 0 Å². The molecular weight excluding hydrogens is 453 g/mol. The summed E-state index contributed by atoms with van der Waals surface area (Å²) in [6.45, 7) is 3.04. The van der Waals surface area contributed by atoms with Crippen molar-refractivity contribution >= 4 is 24.3 Å². The number of rotatable bonds is 10. The van der Waals surface area contributed by atoms with Gasteiger partial charge in [0, 0.05) is 12.6 Å². The highest BCUT2D eigenvalue weighted by Crippen LogP contribution is 2.43. The molecule has 0 saturated heterocycles. The van der Waals surface area contributed by atoms with Crippen LogP contribution in [0.1, 0.15) is 57.1 Å². The maximum Gasteiger partial charge on any atom is 0.510 e. The van der Waals surface area contributed by atoms with Gasteiger partial charge in [-0.3, -0.25) is 0 Å². The molecule has 3 unspecified atom stereocenters. The first kappa shape index (κ1) is 26.8. The number of thioether (sulfide) groups is 1. The molecular formula is C26H40FN3O3S. The lowest BCUT2D eigenvalue weighted by Gasteiger charge is -2.41. The van der Waals surface area contributed by atoms with Gasteiger partial charge in [-0.25, -0.2) is 14.2 Å². The summed E-state index contributed by atoms with van der Waals surface area (Å²) in [7, 11) is 5.56. The van der Waals surface area contributed by atoms with Crippen LogP contribution in [-0.2, 0) is 9.47 Å². The number of aliphatic imine (C=N–C) groups is 1. The van der Waals surface area contributed by atoms with Crippen molar-refractivity contribution in [2.45, 2.75) is 63.3 Å². The van der Waals surface area contributed by atoms with Gasteiger partial charge < -0.3 is 19.3 Å². The first-order valence-corrected chi connectivity index (χ1v) is 13.7. The van der Waals surface area contributed by atoms with Crippen molar-refractivity contribution in [2.75, 3.05) is 39.8 Å². The van der Waals surface area contributed by atoms with Gasteiger partial charge in [-0.2, -0.15) is 11.8 Å². The smallest absolute Gasteiger partial charge is 0.438 e. The van der Waals surface area contributed by atoms with Gasteiger partial charge >= 0.3 is 6.16 Å². The van der Waals surface area contributed by atoms with Crippen LogP contribution < -0.4 is 0 Å². The van der Waals surface area contributed by atoms with Crippen molar-refractivity contribution in [2.24, 2.45) is 16.8 Å². The van der Waals surface area contributed by atoms with E-state index in [0.29, 0.717) is 17.6 Å². The predicted octanol–water partition coefficient (Wildman–Crippen LogP) is 5.59. The Hall–Kier alpha value is -1.80. The lowest BCUT2D eigenvalue weighted by atomic mass is 9.74. The van der Waals surface area contributed by atoms with E-state index in [2.05, 4.69) is 30.8 Å². The quantitative estimate of drug-likeness (QED) is 0.396. The van der Waals surface area contributed by atoms with E-state index in [1.807, 2.05) is 24.7 Å². The van der Waals surface area contributed by atoms with Crippen LogP contribution in [0.2, 0.25) is 0 Å². The molecule has 8 heteroatoms. The molecule has 0 aromatic heterocycles. The molecule has 1 aromatic carbocycles. The molecule has 0 bridgehead atoms. The zero-order valence-electron chi connectivity index (χ0n) is 21.2. The first-order chi connectivity index (χ1) is 16.3. The lowest BCUT2D eigenvalue weighted by molar-refractivity contribution is -0.0432. The molecule has 1 heterocycles. The minimum Gasteiger partial charge on any atom is -0.438 e. The fraction of sp³-hybridized carbons (Fsp3) is 0.692. The lowest BCUT2D eigenvalue weighted by Crippen LogP contribution is -2.51. The van der Waals surface area contributed by atoms with Gasteiger partial charge in [0.1, 0.15) is 5.82 Å². The normalized spacial score (nSPS) is 27.7. The summed E-state index contributed by atoms with van der Waals surface area (Å²) in [5, 5.41) is 0. The van der Waals surface area contributed by atoms with Crippen LogP contribution in [0.5, 0.6) is 0 Å². The van der Waals surface area contributed by atoms with Gasteiger partial charge in [0.05, 0.1) is 25.2 Å². The summed E-state index contributed by atoms with van der Waals surface area (Å²) < 4.78 is 24.1. The fourth-order valence-corrected chi connectivity index (χ4v) is 6.49. The zero-order valence-corrected chi connectivity index (χ0v) is 22.0. The van der Waals surface area contributed by atoms with Gasteiger partial charge in [0.15, 0.2) is 0 Å². The maximum absolute atomic E-state index is 13.5. The number of nitrogens with zero attached hydrogens (tertiary/aromatic N) is 3. The zero-order chi connectivity index (χ0) is 24.7. The van der Waals surface area contributed by atoms with Gasteiger partial charge in [0.25, 0.3) is 0 Å². The van der Waals surface area contributed by atoms with Gasteiger partial charge in [-0.1, -0.05) is 31.9 Å². The number of carbonyl (C=O) groups is 1. The molecule has 6 nitrogen and oxygen atoms in total. The number of methoxy groups -OCH3 is 1. The average molecular weight is 494 g/mol. The third kappa shape index (κ3) is 6.25. The molecule has 34 heavy (non-hydrogen) atoms. The number of benzene rings is 1. The summed E-state index contributed by atoms with van der Waals surface area (Å²) in [5.74, 6) is 1.49. The molecule has 3 atom stereocenters. The highest BCUT2D eigenvalue weighted by atomic mass is 32.2. The second kappa shape index (κ2) is 12.2. The second-order valence-corrected chi connectivity index (χ2v) is 10.7. The minimum atomic E-state index is -0.904. The second-order valence-electron chi connectivity index (χ2n) is 9.81. The molecule has 190 valence electrons. The van der Waals surface area contributed by atoms with Gasteiger partial charge in [-0.15, -0.1) is 0 Å². The molecule has 1 aliphatic carbocycles. The topological polar surface area (TPSA) is 54.4 Å². The van der Waals surface area contributed by atoms with E-state index in [4.69, 9.17) is 14.5 Å². The molecule has 0 amide bonds. The van der Waals surface area contributed by atoms with E-state index in [9.17, 15) is 9.18 Å². The maximum atomic E-state index is 13.5. The third-order valence-corrected chi connectivity index (χ3v) is 7.97. The molecule has 3 rings (SSSR count). The minimum absolute atomic E-state index is 0.0160. The Kier molecular flexibility index (Phi) is 9.65. The van der Waals surface area contributed by atoms with Crippen LogP contribution in [0.15, 0.2) is 29.3 Å². The van der Waals surface area contributed by atoms with Crippen molar-refractivity contribution in [3.63, 3.8) is 0 Å². The Morgan fingerprint density at radius 3 is 2.50 bits per heavy atom. The van der Waals surface area contributed by atoms with E-state index in [-0.39, 0.29) is 17.9 Å². The highest BCUT2D eigenvalue weighted by Gasteiger charge is 2.49. The van der Waals surface area contributed by atoms with Crippen molar-refractivity contribution in [3.8, 4) is 0 Å². The molecule has 0 spiro atoms. The fourth-order valence-electron chi connectivity index (χ4n) is 5.75. The standard InChI is InChI=1S/C26H40FN3O3S/c1-6-15-30-18-28-26(17-34-5,33-25(31)32-4)23(30)16-19-7-9-20(10-8-19)24(29(2)3)21-11-13-22(27)14-12-21/h11-14,18-20,23-24H,6-10,15-17H2,1-5H3. The number of hydrogen-bond acceptors (Lipinski definition) is 7. The molecule has 2 aliphatic rings. The molecule has 1 aromatic rings. The van der Waals surface area contributed by atoms with E-state index in [1.54, 1.807) is 23.9 Å². The molecule has 0 N–H and O–H groups in total. The van der Waals surface area contributed by atoms with Crippen molar-refractivity contribution < 1.29 is 18.7 Å². The first-order valence-electron chi connectivity index (χ1n) is 12.3. The molecule has 1 fully saturated rings. The Labute approximate surface area is 208 Å². The SMILES string of the molecule is CCCN1C=NC(CSC)(OC(=O)OC)C1CC1CCC(C(c2ccc(F)cc2)N(C)C)CC1. The predicted molar refractivity (Wildman–Crippen MR) is 137 cm³/mol. The van der Waals surface area contributed by atoms with Crippen LogP contribution in [0.3, 0.4) is 0 Å². The number of carbonyl (C=O) groups excluding carboxylic acids is 1. The van der Waals surface area contributed by atoms with Crippen molar-refractivity contribution in [1.82, 2.24) is 9.80 Å². The summed E-state index contributed by atoms with van der Waals surface area (Å²) in [4.78, 5) is 21.4. The molecule has 1 aliphatic heterocycles. The number of hydrogen-bond donors (Lipinski definition) is 0. The molecule has 1 saturated carbocycles. The Balaban J connectivity index is 1.70. The van der Waals surface area contributed by atoms with E-state index >= 15 is 0 Å². The average Bonchev–Trinajstić information content (AvgIpc) is 3.13. The van der Waals surface area contributed by atoms with E-state index in [0.717, 1.165) is 45.1 Å². The van der Waals surface area contributed by atoms with Crippen LogP contribution in [0, 0.1) is 17.7 Å². The number of halogens is 1. The Morgan fingerprint density at radius 2 is 1.94 bits per heavy atom. The summed E-state index contributed by atoms with van der Waals surface area (Å²) in [6.07, 6.45) is 9.65. The summed E-state index contributed by atoms with van der Waals surface area (Å²) in [6, 6.07) is 7.27. The Bertz CT molecular complexity index is 814. The number of ether oxygens (including phenoxy) is 2. The van der Waals surface area contributed by atoms with E-state index in [1.165, 1.54) is 12.7 Å². The Morgan fingerprint density at radius 1 is 1.26 bits per heavy atom. The van der Waals surface area contributed by atoms with Gasteiger partial charge in [0.2, 0.25) is 5.72 Å². The summed E-state index contributed by atoms with van der Waals surface area (Å²) in [5.41, 5.74) is 0.275. The van der Waals surface area contributed by atoms with Gasteiger partial charge in [-0.05, 0) is 75.6 Å². The van der Waals surface area contributed by atoms with Crippen LogP contribution in [0.4, 0.5) is 9.18 Å². The van der Waals surface area contributed by atoms with E-state index < -0.39 is 11.9 Å². The largest absolute Gasteiger partial charge is 0.510 e. The highest BCUT2D eigenvalue weighted by molar-refractivity contribution is 7.98. The van der Waals surface area contributed by atoms with Crippen molar-refractivity contribution in [3.05, 3.63) is 35.6 Å². The molecule has 0 radical (unpaired) electrons. The summed E-state index contributed by atoms with van der Waals surface area (Å²) >= 11 is 1.64.